The highest BCUT2D eigenvalue weighted by Gasteiger charge is 2.52. The van der Waals surface area contributed by atoms with Crippen LogP contribution in [0.2, 0.25) is 5.02 Å². The summed E-state index contributed by atoms with van der Waals surface area (Å²) in [6.07, 6.45) is -4.82. The molecule has 0 atom stereocenters. The molecule has 186 valence electrons. The zero-order valence-electron chi connectivity index (χ0n) is 19.9. The molecule has 0 spiro atoms. The standard InChI is InChI=1S/C22H23BClF3N4O4/c1-20(2)21(3,4)35-23(34-20)11-8-7-9-12(16(11)24)28-17-15-13(10-14(29-17)22(25,26)27)30(5)19(33)31(6)18(15)32/h7-10H,1-6H3,(H,28,29). The summed E-state index contributed by atoms with van der Waals surface area (Å²) >= 11 is 6.62. The molecular formula is C22H23BClF3N4O4. The monoisotopic (exact) mass is 510 g/mol. The summed E-state index contributed by atoms with van der Waals surface area (Å²) in [4.78, 5) is 28.9. The SMILES string of the molecule is Cn1c(=O)c2c(Nc3cccc(B4OC(C)(C)C(C)(C)O4)c3Cl)nc(C(F)(F)F)cc2n(C)c1=O. The quantitative estimate of drug-likeness (QED) is 0.544. The number of nitrogens with one attached hydrogen (secondary N) is 1. The Morgan fingerprint density at radius 1 is 1.06 bits per heavy atom. The first kappa shape index (κ1) is 25.3. The van der Waals surface area contributed by atoms with Gasteiger partial charge in [0.25, 0.3) is 5.56 Å². The van der Waals surface area contributed by atoms with Crippen molar-refractivity contribution >= 4 is 46.6 Å². The van der Waals surface area contributed by atoms with Crippen LogP contribution in [0, 0.1) is 0 Å². The van der Waals surface area contributed by atoms with Gasteiger partial charge >= 0.3 is 19.0 Å². The van der Waals surface area contributed by atoms with Crippen LogP contribution in [0.25, 0.3) is 10.9 Å². The molecule has 1 aromatic carbocycles. The minimum absolute atomic E-state index is 0.125. The van der Waals surface area contributed by atoms with E-state index in [0.29, 0.717) is 11.5 Å². The molecule has 2 aromatic heterocycles. The van der Waals surface area contributed by atoms with Crippen LogP contribution in [-0.4, -0.2) is 32.4 Å². The highest BCUT2D eigenvalue weighted by molar-refractivity contribution is 6.66. The van der Waals surface area contributed by atoms with Crippen molar-refractivity contribution in [3.63, 3.8) is 0 Å². The molecule has 0 radical (unpaired) electrons. The summed E-state index contributed by atoms with van der Waals surface area (Å²) in [5.74, 6) is -0.390. The molecule has 1 aliphatic heterocycles. The molecule has 3 aromatic rings. The molecule has 4 rings (SSSR count). The maximum absolute atomic E-state index is 13.6. The van der Waals surface area contributed by atoms with Gasteiger partial charge in [0.2, 0.25) is 0 Å². The number of alkyl halides is 3. The topological polar surface area (TPSA) is 87.4 Å². The van der Waals surface area contributed by atoms with Crippen LogP contribution in [0.15, 0.2) is 33.9 Å². The van der Waals surface area contributed by atoms with Gasteiger partial charge in [-0.05, 0) is 39.8 Å². The molecule has 0 saturated carbocycles. The second kappa shape index (κ2) is 8.11. The highest BCUT2D eigenvalue weighted by atomic mass is 35.5. The first-order valence-corrected chi connectivity index (χ1v) is 11.0. The average Bonchev–Trinajstić information content (AvgIpc) is 2.97. The van der Waals surface area contributed by atoms with E-state index in [4.69, 9.17) is 20.9 Å². The van der Waals surface area contributed by atoms with Gasteiger partial charge in [-0.2, -0.15) is 13.2 Å². The largest absolute Gasteiger partial charge is 0.496 e. The van der Waals surface area contributed by atoms with Gasteiger partial charge in [-0.25, -0.2) is 9.78 Å². The van der Waals surface area contributed by atoms with Crippen LogP contribution >= 0.6 is 11.6 Å². The van der Waals surface area contributed by atoms with Gasteiger partial charge < -0.3 is 14.6 Å². The normalized spacial score (nSPS) is 17.3. The Morgan fingerprint density at radius 3 is 2.23 bits per heavy atom. The molecule has 0 bridgehead atoms. The van der Waals surface area contributed by atoms with Gasteiger partial charge in [-0.15, -0.1) is 0 Å². The molecule has 1 saturated heterocycles. The number of aromatic nitrogens is 3. The zero-order chi connectivity index (χ0) is 26.1. The van der Waals surface area contributed by atoms with E-state index in [1.54, 1.807) is 12.1 Å². The van der Waals surface area contributed by atoms with E-state index < -0.39 is 41.4 Å². The molecule has 0 aliphatic carbocycles. The van der Waals surface area contributed by atoms with Gasteiger partial charge in [0, 0.05) is 19.6 Å². The van der Waals surface area contributed by atoms with Crippen LogP contribution in [0.4, 0.5) is 24.7 Å². The highest BCUT2D eigenvalue weighted by Crippen LogP contribution is 2.38. The van der Waals surface area contributed by atoms with Crippen LogP contribution in [0.3, 0.4) is 0 Å². The van der Waals surface area contributed by atoms with E-state index in [-0.39, 0.29) is 27.4 Å². The van der Waals surface area contributed by atoms with E-state index >= 15 is 0 Å². The molecule has 0 unspecified atom stereocenters. The maximum atomic E-state index is 13.6. The number of hydrogen-bond donors (Lipinski definition) is 1. The summed E-state index contributed by atoms with van der Waals surface area (Å²) in [6.45, 7) is 7.51. The first-order valence-electron chi connectivity index (χ1n) is 10.6. The van der Waals surface area contributed by atoms with Crippen molar-refractivity contribution in [2.75, 3.05) is 5.32 Å². The van der Waals surface area contributed by atoms with E-state index in [1.165, 1.54) is 20.2 Å². The van der Waals surface area contributed by atoms with Gasteiger partial charge in [-0.3, -0.25) is 13.9 Å². The molecule has 1 N–H and O–H groups in total. The average molecular weight is 511 g/mol. The number of fused-ring (bicyclic) bond motifs is 1. The number of pyridine rings is 1. The van der Waals surface area contributed by atoms with Crippen molar-refractivity contribution in [2.45, 2.75) is 45.1 Å². The fraction of sp³-hybridized carbons (Fsp3) is 0.409. The molecule has 3 heterocycles. The first-order chi connectivity index (χ1) is 16.0. The summed E-state index contributed by atoms with van der Waals surface area (Å²) in [7, 11) is 1.69. The fourth-order valence-electron chi connectivity index (χ4n) is 3.75. The van der Waals surface area contributed by atoms with Crippen molar-refractivity contribution in [1.29, 1.82) is 0 Å². The predicted molar refractivity (Wildman–Crippen MR) is 128 cm³/mol. The minimum Gasteiger partial charge on any atom is -0.399 e. The molecule has 1 fully saturated rings. The zero-order valence-corrected chi connectivity index (χ0v) is 20.6. The number of benzene rings is 1. The summed E-state index contributed by atoms with van der Waals surface area (Å²) in [5.41, 5.74) is -3.70. The third-order valence-corrected chi connectivity index (χ3v) is 6.95. The molecule has 13 heteroatoms. The Hall–Kier alpha value is -2.83. The number of halogens is 4. The second-order valence-electron chi connectivity index (χ2n) is 9.38. The van der Waals surface area contributed by atoms with E-state index in [0.717, 1.165) is 9.13 Å². The Kier molecular flexibility index (Phi) is 5.85. The lowest BCUT2D eigenvalue weighted by atomic mass is 9.79. The number of nitrogens with zero attached hydrogens (tertiary/aromatic N) is 3. The lowest BCUT2D eigenvalue weighted by Gasteiger charge is -2.32. The summed E-state index contributed by atoms with van der Waals surface area (Å²) < 4.78 is 54.7. The van der Waals surface area contributed by atoms with Gasteiger partial charge in [0.1, 0.15) is 16.9 Å². The Bertz CT molecular complexity index is 1450. The smallest absolute Gasteiger partial charge is 0.399 e. The molecule has 8 nitrogen and oxygen atoms in total. The molecule has 0 amide bonds. The van der Waals surface area contributed by atoms with Crippen molar-refractivity contribution < 1.29 is 22.5 Å². The predicted octanol–water partition coefficient (Wildman–Crippen LogP) is 3.35. The van der Waals surface area contributed by atoms with Crippen molar-refractivity contribution in [2.24, 2.45) is 14.1 Å². The third-order valence-electron chi connectivity index (χ3n) is 6.53. The summed E-state index contributed by atoms with van der Waals surface area (Å²) in [5, 5.41) is 2.70. The minimum atomic E-state index is -4.82. The number of anilines is 2. The van der Waals surface area contributed by atoms with Gasteiger partial charge in [-0.1, -0.05) is 23.7 Å². The number of rotatable bonds is 3. The lowest BCUT2D eigenvalue weighted by molar-refractivity contribution is -0.141. The molecular weight excluding hydrogens is 488 g/mol. The van der Waals surface area contributed by atoms with Gasteiger partial charge in [0.05, 0.1) is 27.4 Å². The second-order valence-corrected chi connectivity index (χ2v) is 9.75. The van der Waals surface area contributed by atoms with Crippen LogP contribution < -0.4 is 22.0 Å². The summed E-state index contributed by atoms with van der Waals surface area (Å²) in [6, 6.07) is 5.50. The lowest BCUT2D eigenvalue weighted by Crippen LogP contribution is -2.41. The molecule has 1 aliphatic rings. The fourth-order valence-corrected chi connectivity index (χ4v) is 4.01. The maximum Gasteiger partial charge on any atom is 0.496 e. The Morgan fingerprint density at radius 2 is 1.66 bits per heavy atom. The van der Waals surface area contributed by atoms with Gasteiger partial charge in [0.15, 0.2) is 0 Å². The third kappa shape index (κ3) is 4.13. The van der Waals surface area contributed by atoms with E-state index in [2.05, 4.69) is 10.3 Å². The van der Waals surface area contributed by atoms with E-state index in [9.17, 15) is 22.8 Å². The van der Waals surface area contributed by atoms with Crippen molar-refractivity contribution in [3.05, 3.63) is 55.8 Å². The van der Waals surface area contributed by atoms with Crippen LogP contribution in [0.5, 0.6) is 0 Å². The molecule has 35 heavy (non-hydrogen) atoms. The van der Waals surface area contributed by atoms with E-state index in [1.807, 2.05) is 27.7 Å². The van der Waals surface area contributed by atoms with Crippen LogP contribution in [0.1, 0.15) is 33.4 Å². The van der Waals surface area contributed by atoms with Crippen molar-refractivity contribution in [1.82, 2.24) is 14.1 Å². The number of aryl methyl sites for hydroxylation is 1. The Labute approximate surface area is 203 Å². The van der Waals surface area contributed by atoms with Crippen LogP contribution in [-0.2, 0) is 29.6 Å². The Balaban J connectivity index is 1.89. The number of hydrogen-bond acceptors (Lipinski definition) is 6. The van der Waals surface area contributed by atoms with Crippen molar-refractivity contribution in [3.8, 4) is 0 Å².